The van der Waals surface area contributed by atoms with Crippen molar-refractivity contribution in [2.75, 3.05) is 5.32 Å². The summed E-state index contributed by atoms with van der Waals surface area (Å²) in [5.74, 6) is 0. The van der Waals surface area contributed by atoms with Crippen LogP contribution >= 0.6 is 11.6 Å². The van der Waals surface area contributed by atoms with Gasteiger partial charge in [0, 0.05) is 18.0 Å². The molecule has 0 spiro atoms. The third-order valence-corrected chi connectivity index (χ3v) is 4.82. The highest BCUT2D eigenvalue weighted by molar-refractivity contribution is 6.29. The Kier molecular flexibility index (Phi) is 4.12. The summed E-state index contributed by atoms with van der Waals surface area (Å²) >= 11 is 6.01. The molecule has 24 heavy (non-hydrogen) atoms. The molecular weight excluding hydrogens is 324 g/mol. The van der Waals surface area contributed by atoms with E-state index in [1.165, 1.54) is 0 Å². The molecule has 2 atom stereocenters. The minimum absolute atomic E-state index is 0.110. The summed E-state index contributed by atoms with van der Waals surface area (Å²) in [4.78, 5) is 8.48. The summed E-state index contributed by atoms with van der Waals surface area (Å²) in [6, 6.07) is 7.84. The lowest BCUT2D eigenvalue weighted by atomic mass is 9.92. The molecular formula is C18H19ClN4O. The second-order valence-electron chi connectivity index (χ2n) is 6.26. The van der Waals surface area contributed by atoms with Crippen molar-refractivity contribution in [3.8, 4) is 11.3 Å². The van der Waals surface area contributed by atoms with Crippen LogP contribution in [0, 0.1) is 0 Å². The van der Waals surface area contributed by atoms with Crippen LogP contribution in [0.3, 0.4) is 0 Å². The minimum atomic E-state index is -0.282. The van der Waals surface area contributed by atoms with E-state index in [-0.39, 0.29) is 12.1 Å². The van der Waals surface area contributed by atoms with Gasteiger partial charge in [0.25, 0.3) is 0 Å². The van der Waals surface area contributed by atoms with Gasteiger partial charge >= 0.3 is 0 Å². The Morgan fingerprint density at radius 3 is 2.88 bits per heavy atom. The molecule has 1 aliphatic carbocycles. The molecule has 3 heterocycles. The number of aromatic nitrogens is 3. The highest BCUT2D eigenvalue weighted by Gasteiger charge is 2.22. The van der Waals surface area contributed by atoms with E-state index >= 15 is 0 Å². The van der Waals surface area contributed by atoms with E-state index < -0.39 is 0 Å². The first kappa shape index (κ1) is 15.4. The van der Waals surface area contributed by atoms with Gasteiger partial charge < -0.3 is 10.4 Å². The van der Waals surface area contributed by atoms with Crippen molar-refractivity contribution in [1.82, 2.24) is 14.4 Å². The molecule has 1 aliphatic rings. The van der Waals surface area contributed by atoms with Crippen molar-refractivity contribution in [3.63, 3.8) is 0 Å². The lowest BCUT2D eigenvalue weighted by molar-refractivity contribution is 0.116. The zero-order valence-electron chi connectivity index (χ0n) is 13.2. The van der Waals surface area contributed by atoms with Crippen molar-refractivity contribution in [3.05, 3.63) is 48.0 Å². The van der Waals surface area contributed by atoms with Gasteiger partial charge in [-0.3, -0.25) is 4.40 Å². The van der Waals surface area contributed by atoms with Gasteiger partial charge in [0.1, 0.15) is 10.8 Å². The standard InChI is InChI=1S/C18H19ClN4O/c19-17-9-12(7-8-20-17)15-10-21-18-6-5-13(11-23(15)18)22-14-3-1-2-4-16(14)24/h5-11,14,16,22,24H,1-4H2/t14-,16-/m1/s1. The third kappa shape index (κ3) is 2.97. The molecule has 0 bridgehead atoms. The van der Waals surface area contributed by atoms with E-state index in [1.807, 2.05) is 41.1 Å². The summed E-state index contributed by atoms with van der Waals surface area (Å²) in [5.41, 5.74) is 3.78. The van der Waals surface area contributed by atoms with Crippen molar-refractivity contribution in [2.45, 2.75) is 37.8 Å². The predicted molar refractivity (Wildman–Crippen MR) is 95.3 cm³/mol. The molecule has 0 saturated heterocycles. The number of aliphatic hydroxyl groups is 1. The Balaban J connectivity index is 1.68. The monoisotopic (exact) mass is 342 g/mol. The van der Waals surface area contributed by atoms with Crippen LogP contribution < -0.4 is 5.32 Å². The van der Waals surface area contributed by atoms with Crippen LogP contribution in [0.25, 0.3) is 16.9 Å². The number of rotatable bonds is 3. The normalized spacial score (nSPS) is 21.1. The molecule has 1 saturated carbocycles. The number of hydrogen-bond donors (Lipinski definition) is 2. The summed E-state index contributed by atoms with van der Waals surface area (Å²) < 4.78 is 2.03. The fraction of sp³-hybridized carbons (Fsp3) is 0.333. The van der Waals surface area contributed by atoms with E-state index in [0.29, 0.717) is 5.15 Å². The summed E-state index contributed by atoms with van der Waals surface area (Å²) in [6.07, 6.45) is 9.39. The van der Waals surface area contributed by atoms with Gasteiger partial charge in [-0.15, -0.1) is 0 Å². The number of imidazole rings is 1. The van der Waals surface area contributed by atoms with E-state index in [1.54, 1.807) is 6.20 Å². The van der Waals surface area contributed by atoms with Crippen LogP contribution in [-0.4, -0.2) is 31.6 Å². The maximum atomic E-state index is 10.2. The highest BCUT2D eigenvalue weighted by atomic mass is 35.5. The number of pyridine rings is 2. The van der Waals surface area contributed by atoms with Gasteiger partial charge in [-0.05, 0) is 37.1 Å². The Hall–Kier alpha value is -2.11. The number of nitrogens with one attached hydrogen (secondary N) is 1. The Morgan fingerprint density at radius 1 is 1.17 bits per heavy atom. The molecule has 4 rings (SSSR count). The SMILES string of the molecule is O[C@@H]1CCCC[C@H]1Nc1ccc2ncc(-c3ccnc(Cl)c3)n2c1. The fourth-order valence-electron chi connectivity index (χ4n) is 3.34. The quantitative estimate of drug-likeness (QED) is 0.711. The van der Waals surface area contributed by atoms with Gasteiger partial charge in [-0.2, -0.15) is 0 Å². The summed E-state index contributed by atoms with van der Waals surface area (Å²) in [5, 5.41) is 14.1. The van der Waals surface area contributed by atoms with Gasteiger partial charge in [0.2, 0.25) is 0 Å². The van der Waals surface area contributed by atoms with Crippen LogP contribution in [0.1, 0.15) is 25.7 Å². The fourth-order valence-corrected chi connectivity index (χ4v) is 3.51. The third-order valence-electron chi connectivity index (χ3n) is 4.61. The topological polar surface area (TPSA) is 62.5 Å². The first-order chi connectivity index (χ1) is 11.7. The number of hydrogen-bond acceptors (Lipinski definition) is 4. The first-order valence-electron chi connectivity index (χ1n) is 8.24. The van der Waals surface area contributed by atoms with Crippen molar-refractivity contribution in [2.24, 2.45) is 0 Å². The van der Waals surface area contributed by atoms with Crippen LogP contribution in [0.5, 0.6) is 0 Å². The molecule has 1 fully saturated rings. The zero-order valence-corrected chi connectivity index (χ0v) is 13.9. The molecule has 5 nitrogen and oxygen atoms in total. The largest absolute Gasteiger partial charge is 0.391 e. The second kappa shape index (κ2) is 6.42. The van der Waals surface area contributed by atoms with Gasteiger partial charge in [0.05, 0.1) is 29.7 Å². The summed E-state index contributed by atoms with van der Waals surface area (Å²) in [7, 11) is 0. The average Bonchev–Trinajstić information content (AvgIpc) is 3.00. The van der Waals surface area contributed by atoms with Gasteiger partial charge in [-0.25, -0.2) is 9.97 Å². The Morgan fingerprint density at radius 2 is 2.04 bits per heavy atom. The van der Waals surface area contributed by atoms with Gasteiger partial charge in [-0.1, -0.05) is 24.4 Å². The van der Waals surface area contributed by atoms with E-state index in [0.717, 1.165) is 48.3 Å². The molecule has 0 aromatic carbocycles. The Labute approximate surface area is 145 Å². The lowest BCUT2D eigenvalue weighted by Crippen LogP contribution is -2.36. The molecule has 0 aliphatic heterocycles. The lowest BCUT2D eigenvalue weighted by Gasteiger charge is -2.29. The predicted octanol–water partition coefficient (Wildman–Crippen LogP) is 3.77. The van der Waals surface area contributed by atoms with E-state index in [2.05, 4.69) is 15.3 Å². The Bertz CT molecular complexity index is 863. The molecule has 0 amide bonds. The van der Waals surface area contributed by atoms with Crippen LogP contribution in [-0.2, 0) is 0 Å². The molecule has 0 radical (unpaired) electrons. The number of anilines is 1. The van der Waals surface area contributed by atoms with Crippen molar-refractivity contribution < 1.29 is 5.11 Å². The molecule has 6 heteroatoms. The van der Waals surface area contributed by atoms with Crippen LogP contribution in [0.4, 0.5) is 5.69 Å². The van der Waals surface area contributed by atoms with E-state index in [4.69, 9.17) is 11.6 Å². The molecule has 0 unspecified atom stereocenters. The maximum Gasteiger partial charge on any atom is 0.137 e. The van der Waals surface area contributed by atoms with Crippen molar-refractivity contribution in [1.29, 1.82) is 0 Å². The second-order valence-corrected chi connectivity index (χ2v) is 6.65. The van der Waals surface area contributed by atoms with Crippen LogP contribution in [0.15, 0.2) is 42.9 Å². The number of aliphatic hydroxyl groups excluding tert-OH is 1. The van der Waals surface area contributed by atoms with Crippen molar-refractivity contribution >= 4 is 22.9 Å². The zero-order chi connectivity index (χ0) is 16.5. The smallest absolute Gasteiger partial charge is 0.137 e. The summed E-state index contributed by atoms with van der Waals surface area (Å²) in [6.45, 7) is 0. The maximum absolute atomic E-state index is 10.2. The van der Waals surface area contributed by atoms with E-state index in [9.17, 15) is 5.11 Å². The first-order valence-corrected chi connectivity index (χ1v) is 8.62. The average molecular weight is 343 g/mol. The molecule has 124 valence electrons. The highest BCUT2D eigenvalue weighted by Crippen LogP contribution is 2.26. The number of halogens is 1. The number of nitrogens with zero attached hydrogens (tertiary/aromatic N) is 3. The van der Waals surface area contributed by atoms with Gasteiger partial charge in [0.15, 0.2) is 0 Å². The molecule has 3 aromatic rings. The molecule has 3 aromatic heterocycles. The van der Waals surface area contributed by atoms with Crippen LogP contribution in [0.2, 0.25) is 5.15 Å². The minimum Gasteiger partial charge on any atom is -0.391 e. The number of fused-ring (bicyclic) bond motifs is 1. The molecule has 2 N–H and O–H groups in total.